The van der Waals surface area contributed by atoms with Crippen molar-refractivity contribution in [1.82, 2.24) is 10.3 Å². The molecule has 1 atom stereocenters. The summed E-state index contributed by atoms with van der Waals surface area (Å²) < 4.78 is 0. The van der Waals surface area contributed by atoms with E-state index in [1.807, 2.05) is 17.5 Å². The highest BCUT2D eigenvalue weighted by Gasteiger charge is 2.20. The van der Waals surface area contributed by atoms with E-state index in [4.69, 9.17) is 11.6 Å². The van der Waals surface area contributed by atoms with Crippen LogP contribution in [-0.4, -0.2) is 10.9 Å². The van der Waals surface area contributed by atoms with Crippen molar-refractivity contribution >= 4 is 28.8 Å². The van der Waals surface area contributed by atoms with Crippen LogP contribution in [-0.2, 0) is 0 Å². The summed E-state index contributed by atoms with van der Waals surface area (Å²) in [6, 6.07) is 7.27. The molecule has 0 bridgehead atoms. The first kappa shape index (κ1) is 14.0. The number of carbonyl (C=O) groups excluding carboxylic acids is 1. The third kappa shape index (κ3) is 3.55. The second kappa shape index (κ2) is 6.17. The van der Waals surface area contributed by atoms with Crippen LogP contribution >= 0.6 is 22.9 Å². The molecular weight excluding hydrogens is 280 g/mol. The van der Waals surface area contributed by atoms with Crippen molar-refractivity contribution < 1.29 is 4.79 Å². The highest BCUT2D eigenvalue weighted by atomic mass is 35.5. The van der Waals surface area contributed by atoms with Gasteiger partial charge in [0, 0.05) is 16.6 Å². The summed E-state index contributed by atoms with van der Waals surface area (Å²) in [6.07, 6.45) is 1.53. The minimum atomic E-state index is -0.128. The molecule has 0 aromatic carbocycles. The molecule has 100 valence electrons. The predicted molar refractivity (Wildman–Crippen MR) is 78.6 cm³/mol. The zero-order chi connectivity index (χ0) is 13.8. The van der Waals surface area contributed by atoms with Crippen molar-refractivity contribution in [3.8, 4) is 0 Å². The molecule has 1 amide bonds. The fourth-order valence-electron chi connectivity index (χ4n) is 1.80. The van der Waals surface area contributed by atoms with Gasteiger partial charge in [-0.1, -0.05) is 31.5 Å². The summed E-state index contributed by atoms with van der Waals surface area (Å²) >= 11 is 7.45. The number of nitrogens with zero attached hydrogens (tertiary/aromatic N) is 1. The third-order valence-corrected chi connectivity index (χ3v) is 3.95. The first-order valence-corrected chi connectivity index (χ1v) is 7.29. The Morgan fingerprint density at radius 2 is 2.21 bits per heavy atom. The Kier molecular flexibility index (Phi) is 4.56. The fourth-order valence-corrected chi connectivity index (χ4v) is 2.93. The summed E-state index contributed by atoms with van der Waals surface area (Å²) in [6.45, 7) is 4.17. The first-order chi connectivity index (χ1) is 9.08. The molecule has 0 saturated carbocycles. The van der Waals surface area contributed by atoms with Crippen LogP contribution < -0.4 is 5.32 Å². The van der Waals surface area contributed by atoms with Gasteiger partial charge in [0.1, 0.15) is 5.15 Å². The lowest BCUT2D eigenvalue weighted by molar-refractivity contribution is 0.0926. The van der Waals surface area contributed by atoms with E-state index in [0.29, 0.717) is 16.6 Å². The number of thiophene rings is 1. The summed E-state index contributed by atoms with van der Waals surface area (Å²) in [7, 11) is 0. The lowest BCUT2D eigenvalue weighted by Gasteiger charge is -2.21. The highest BCUT2D eigenvalue weighted by molar-refractivity contribution is 7.10. The van der Waals surface area contributed by atoms with Gasteiger partial charge >= 0.3 is 0 Å². The molecule has 1 N–H and O–H groups in total. The number of rotatable bonds is 4. The topological polar surface area (TPSA) is 42.0 Å². The van der Waals surface area contributed by atoms with E-state index in [0.717, 1.165) is 4.88 Å². The van der Waals surface area contributed by atoms with E-state index in [2.05, 4.69) is 24.1 Å². The molecule has 0 unspecified atom stereocenters. The maximum atomic E-state index is 12.2. The zero-order valence-electron chi connectivity index (χ0n) is 10.8. The van der Waals surface area contributed by atoms with Crippen molar-refractivity contribution in [2.45, 2.75) is 19.9 Å². The van der Waals surface area contributed by atoms with Crippen molar-refractivity contribution in [2.24, 2.45) is 5.92 Å². The second-order valence-electron chi connectivity index (χ2n) is 4.58. The molecule has 5 heteroatoms. The quantitative estimate of drug-likeness (QED) is 0.868. The number of aromatic nitrogens is 1. The highest BCUT2D eigenvalue weighted by Crippen LogP contribution is 2.26. The van der Waals surface area contributed by atoms with Gasteiger partial charge in [-0.05, 0) is 29.5 Å². The molecule has 3 nitrogen and oxygen atoms in total. The van der Waals surface area contributed by atoms with Gasteiger partial charge in [-0.25, -0.2) is 4.98 Å². The molecule has 0 aliphatic heterocycles. The minimum absolute atomic E-state index is 0.0134. The van der Waals surface area contributed by atoms with Gasteiger partial charge in [-0.3, -0.25) is 4.79 Å². The standard InChI is InChI=1S/C14H15ClN2OS/c1-9(2)13(11-4-3-7-19-11)17-14(18)10-5-6-16-12(15)8-10/h3-9,13H,1-2H3,(H,17,18)/t13-/m0/s1. The van der Waals surface area contributed by atoms with Crippen LogP contribution in [0.15, 0.2) is 35.8 Å². The lowest BCUT2D eigenvalue weighted by atomic mass is 10.0. The average molecular weight is 295 g/mol. The normalized spacial score (nSPS) is 12.4. The largest absolute Gasteiger partial charge is 0.344 e. The van der Waals surface area contributed by atoms with Crippen molar-refractivity contribution in [1.29, 1.82) is 0 Å². The van der Waals surface area contributed by atoms with Crippen LogP contribution in [0.5, 0.6) is 0 Å². The minimum Gasteiger partial charge on any atom is -0.344 e. The van der Waals surface area contributed by atoms with Crippen molar-refractivity contribution in [3.63, 3.8) is 0 Å². The maximum absolute atomic E-state index is 12.2. The van der Waals surface area contributed by atoms with Crippen LogP contribution in [0.3, 0.4) is 0 Å². The van der Waals surface area contributed by atoms with Gasteiger partial charge in [-0.15, -0.1) is 11.3 Å². The predicted octanol–water partition coefficient (Wildman–Crippen LogP) is 3.92. The van der Waals surface area contributed by atoms with Gasteiger partial charge in [0.05, 0.1) is 6.04 Å². The van der Waals surface area contributed by atoms with Crippen LogP contribution in [0.2, 0.25) is 5.15 Å². The molecule has 0 aliphatic rings. The Labute approximate surface area is 121 Å². The molecule has 2 heterocycles. The van der Waals surface area contributed by atoms with Crippen LogP contribution in [0.25, 0.3) is 0 Å². The van der Waals surface area contributed by atoms with Crippen LogP contribution in [0, 0.1) is 5.92 Å². The molecular formula is C14H15ClN2OS. The summed E-state index contributed by atoms with van der Waals surface area (Å²) in [4.78, 5) is 17.2. The summed E-state index contributed by atoms with van der Waals surface area (Å²) in [5.74, 6) is 0.191. The zero-order valence-corrected chi connectivity index (χ0v) is 12.3. The fraction of sp³-hybridized carbons (Fsp3) is 0.286. The number of hydrogen-bond acceptors (Lipinski definition) is 3. The Morgan fingerprint density at radius 1 is 1.42 bits per heavy atom. The molecule has 2 aromatic heterocycles. The third-order valence-electron chi connectivity index (χ3n) is 2.79. The number of amides is 1. The van der Waals surface area contributed by atoms with Gasteiger partial charge in [0.25, 0.3) is 5.91 Å². The molecule has 0 saturated heterocycles. The number of pyridine rings is 1. The molecule has 0 radical (unpaired) electrons. The van der Waals surface area contributed by atoms with Crippen molar-refractivity contribution in [2.75, 3.05) is 0 Å². The summed E-state index contributed by atoms with van der Waals surface area (Å²) in [5, 5.41) is 5.39. The molecule has 2 aromatic rings. The molecule has 19 heavy (non-hydrogen) atoms. The molecule has 0 fully saturated rings. The molecule has 0 spiro atoms. The SMILES string of the molecule is CC(C)[C@H](NC(=O)c1ccnc(Cl)c1)c1cccs1. The Bertz CT molecular complexity index is 554. The Hall–Kier alpha value is -1.39. The number of nitrogens with one attached hydrogen (secondary N) is 1. The number of hydrogen-bond donors (Lipinski definition) is 1. The lowest BCUT2D eigenvalue weighted by Crippen LogP contribution is -2.31. The second-order valence-corrected chi connectivity index (χ2v) is 5.94. The van der Waals surface area contributed by atoms with E-state index in [1.165, 1.54) is 6.20 Å². The van der Waals surface area contributed by atoms with Gasteiger partial charge in [0.15, 0.2) is 0 Å². The molecule has 0 aliphatic carbocycles. The van der Waals surface area contributed by atoms with E-state index < -0.39 is 0 Å². The van der Waals surface area contributed by atoms with Crippen molar-refractivity contribution in [3.05, 3.63) is 51.4 Å². The van der Waals surface area contributed by atoms with Crippen LogP contribution in [0.4, 0.5) is 0 Å². The number of halogens is 1. The maximum Gasteiger partial charge on any atom is 0.251 e. The van der Waals surface area contributed by atoms with Gasteiger partial charge in [0.2, 0.25) is 0 Å². The van der Waals surface area contributed by atoms with E-state index >= 15 is 0 Å². The monoisotopic (exact) mass is 294 g/mol. The van der Waals surface area contributed by atoms with Gasteiger partial charge < -0.3 is 5.32 Å². The molecule has 2 rings (SSSR count). The van der Waals surface area contributed by atoms with E-state index in [-0.39, 0.29) is 11.9 Å². The van der Waals surface area contributed by atoms with E-state index in [1.54, 1.807) is 23.5 Å². The Morgan fingerprint density at radius 3 is 2.79 bits per heavy atom. The van der Waals surface area contributed by atoms with Crippen LogP contribution in [0.1, 0.15) is 35.1 Å². The van der Waals surface area contributed by atoms with E-state index in [9.17, 15) is 4.79 Å². The number of carbonyl (C=O) groups is 1. The first-order valence-electron chi connectivity index (χ1n) is 6.03. The Balaban J connectivity index is 2.16. The average Bonchev–Trinajstić information content (AvgIpc) is 2.88. The van der Waals surface area contributed by atoms with Gasteiger partial charge in [-0.2, -0.15) is 0 Å². The smallest absolute Gasteiger partial charge is 0.251 e. The summed E-state index contributed by atoms with van der Waals surface area (Å²) in [5.41, 5.74) is 0.530.